The van der Waals surface area contributed by atoms with Crippen molar-refractivity contribution >= 4 is 23.5 Å². The molecule has 0 unspecified atom stereocenters. The average molecular weight is 285 g/mol. The minimum Gasteiger partial charge on any atom is -0.367 e. The number of barbiturate groups is 1. The van der Waals surface area contributed by atoms with Crippen molar-refractivity contribution < 1.29 is 14.4 Å². The Morgan fingerprint density at radius 1 is 1.10 bits per heavy atom. The molecular weight excluding hydrogens is 270 g/mol. The Labute approximate surface area is 121 Å². The highest BCUT2D eigenvalue weighted by atomic mass is 16.2. The first kappa shape index (κ1) is 12.4. The van der Waals surface area contributed by atoms with E-state index in [2.05, 4.69) is 15.5 Å². The Balaban J connectivity index is 1.88. The lowest BCUT2D eigenvalue weighted by molar-refractivity contribution is -0.146. The lowest BCUT2D eigenvalue weighted by atomic mass is 9.69. The van der Waals surface area contributed by atoms with Gasteiger partial charge in [-0.2, -0.15) is 0 Å². The van der Waals surface area contributed by atoms with E-state index in [1.54, 1.807) is 0 Å². The number of carbonyl (C=O) groups is 3. The molecule has 6 nitrogen and oxygen atoms in total. The van der Waals surface area contributed by atoms with Crippen molar-refractivity contribution in [2.24, 2.45) is 5.41 Å². The van der Waals surface area contributed by atoms with Gasteiger partial charge >= 0.3 is 6.03 Å². The molecule has 1 spiro atoms. The van der Waals surface area contributed by atoms with Gasteiger partial charge < -0.3 is 4.90 Å². The monoisotopic (exact) mass is 285 g/mol. The van der Waals surface area contributed by atoms with E-state index in [-0.39, 0.29) is 6.04 Å². The summed E-state index contributed by atoms with van der Waals surface area (Å²) in [6, 6.07) is 6.95. The molecule has 2 fully saturated rings. The van der Waals surface area contributed by atoms with Crippen LogP contribution in [0.25, 0.3) is 0 Å². The fraction of sp³-hybridized carbons (Fsp3) is 0.400. The van der Waals surface area contributed by atoms with Crippen molar-refractivity contribution in [1.29, 1.82) is 0 Å². The molecule has 0 bridgehead atoms. The Kier molecular flexibility index (Phi) is 2.40. The van der Waals surface area contributed by atoms with Gasteiger partial charge in [0.05, 0.1) is 6.04 Å². The molecule has 6 heteroatoms. The number of hydrogen-bond acceptors (Lipinski definition) is 4. The van der Waals surface area contributed by atoms with Crippen LogP contribution in [0.4, 0.5) is 10.5 Å². The fourth-order valence-corrected chi connectivity index (χ4v) is 3.95. The number of para-hydroxylation sites is 1. The van der Waals surface area contributed by atoms with Crippen LogP contribution in [0.3, 0.4) is 0 Å². The van der Waals surface area contributed by atoms with Gasteiger partial charge in [-0.1, -0.05) is 18.2 Å². The molecule has 3 heterocycles. The predicted octanol–water partition coefficient (Wildman–Crippen LogP) is 0.564. The first-order chi connectivity index (χ1) is 10.1. The van der Waals surface area contributed by atoms with Gasteiger partial charge in [0.15, 0.2) is 5.41 Å². The van der Waals surface area contributed by atoms with Gasteiger partial charge in [-0.05, 0) is 30.9 Å². The van der Waals surface area contributed by atoms with Crippen molar-refractivity contribution in [3.05, 3.63) is 29.8 Å². The molecule has 3 aliphatic rings. The molecule has 1 aromatic carbocycles. The van der Waals surface area contributed by atoms with E-state index in [9.17, 15) is 14.4 Å². The molecule has 1 atom stereocenters. The van der Waals surface area contributed by atoms with E-state index >= 15 is 0 Å². The van der Waals surface area contributed by atoms with Crippen LogP contribution >= 0.6 is 0 Å². The smallest absolute Gasteiger partial charge is 0.328 e. The number of rotatable bonds is 0. The van der Waals surface area contributed by atoms with E-state index in [4.69, 9.17) is 0 Å². The summed E-state index contributed by atoms with van der Waals surface area (Å²) in [6.07, 6.45) is 2.06. The lowest BCUT2D eigenvalue weighted by Crippen LogP contribution is -2.70. The van der Waals surface area contributed by atoms with Crippen LogP contribution in [0, 0.1) is 5.41 Å². The summed E-state index contributed by atoms with van der Waals surface area (Å²) in [4.78, 5) is 38.6. The summed E-state index contributed by atoms with van der Waals surface area (Å²) in [5.74, 6) is -0.940. The number of urea groups is 1. The van der Waals surface area contributed by atoms with Gasteiger partial charge in [-0.3, -0.25) is 20.2 Å². The zero-order valence-electron chi connectivity index (χ0n) is 11.4. The van der Waals surface area contributed by atoms with Gasteiger partial charge in [0.25, 0.3) is 0 Å². The van der Waals surface area contributed by atoms with Gasteiger partial charge in [0.2, 0.25) is 11.8 Å². The molecule has 0 radical (unpaired) electrons. The SMILES string of the molecule is O=C1NC(=O)C2(Cc3ccccc3N3CCC[C@@H]32)C(=O)N1. The van der Waals surface area contributed by atoms with Gasteiger partial charge in [-0.25, -0.2) is 4.79 Å². The first-order valence-corrected chi connectivity index (χ1v) is 7.14. The number of benzene rings is 1. The molecule has 4 rings (SSSR count). The molecule has 0 aliphatic carbocycles. The van der Waals surface area contributed by atoms with E-state index in [0.29, 0.717) is 6.42 Å². The second-order valence-corrected chi connectivity index (χ2v) is 5.87. The van der Waals surface area contributed by atoms with E-state index in [1.807, 2.05) is 24.3 Å². The van der Waals surface area contributed by atoms with Gasteiger partial charge in [-0.15, -0.1) is 0 Å². The Bertz CT molecular complexity index is 650. The quantitative estimate of drug-likeness (QED) is 0.683. The van der Waals surface area contributed by atoms with Crippen molar-refractivity contribution in [2.75, 3.05) is 11.4 Å². The van der Waals surface area contributed by atoms with Gasteiger partial charge in [0.1, 0.15) is 0 Å². The number of nitrogens with one attached hydrogen (secondary N) is 2. The van der Waals surface area contributed by atoms with Crippen LogP contribution in [0.5, 0.6) is 0 Å². The lowest BCUT2D eigenvalue weighted by Gasteiger charge is -2.47. The van der Waals surface area contributed by atoms with Crippen LogP contribution in [-0.4, -0.2) is 30.4 Å². The number of fused-ring (bicyclic) bond motifs is 4. The third-order valence-corrected chi connectivity index (χ3v) is 4.86. The summed E-state index contributed by atoms with van der Waals surface area (Å²) in [7, 11) is 0. The maximum Gasteiger partial charge on any atom is 0.328 e. The van der Waals surface area contributed by atoms with Crippen molar-refractivity contribution in [3.63, 3.8) is 0 Å². The van der Waals surface area contributed by atoms with Crippen LogP contribution in [-0.2, 0) is 16.0 Å². The summed E-state index contributed by atoms with van der Waals surface area (Å²) in [6.45, 7) is 0.831. The molecule has 1 aromatic rings. The van der Waals surface area contributed by atoms with Crippen molar-refractivity contribution in [3.8, 4) is 0 Å². The van der Waals surface area contributed by atoms with Crippen LogP contribution < -0.4 is 15.5 Å². The third kappa shape index (κ3) is 1.50. The van der Waals surface area contributed by atoms with Crippen molar-refractivity contribution in [2.45, 2.75) is 25.3 Å². The molecule has 2 saturated heterocycles. The Morgan fingerprint density at radius 3 is 2.57 bits per heavy atom. The highest BCUT2D eigenvalue weighted by molar-refractivity contribution is 6.20. The molecule has 0 aromatic heterocycles. The highest BCUT2D eigenvalue weighted by Crippen LogP contribution is 2.46. The molecule has 21 heavy (non-hydrogen) atoms. The minimum atomic E-state index is -1.20. The number of anilines is 1. The summed E-state index contributed by atoms with van der Waals surface area (Å²) in [5.41, 5.74) is 0.886. The molecule has 4 amide bonds. The Hall–Kier alpha value is -2.37. The molecule has 2 N–H and O–H groups in total. The van der Waals surface area contributed by atoms with Crippen molar-refractivity contribution in [1.82, 2.24) is 10.6 Å². The van der Waals surface area contributed by atoms with E-state index in [0.717, 1.165) is 30.6 Å². The largest absolute Gasteiger partial charge is 0.367 e. The zero-order valence-corrected chi connectivity index (χ0v) is 11.4. The number of nitrogens with zero attached hydrogens (tertiary/aromatic N) is 1. The number of amides is 4. The molecule has 108 valence electrons. The topological polar surface area (TPSA) is 78.5 Å². The zero-order chi connectivity index (χ0) is 14.6. The van der Waals surface area contributed by atoms with Crippen LogP contribution in [0.2, 0.25) is 0 Å². The highest BCUT2D eigenvalue weighted by Gasteiger charge is 2.60. The molecular formula is C15H15N3O3. The summed E-state index contributed by atoms with van der Waals surface area (Å²) >= 11 is 0. The second-order valence-electron chi connectivity index (χ2n) is 5.87. The summed E-state index contributed by atoms with van der Waals surface area (Å²) < 4.78 is 0. The predicted molar refractivity (Wildman–Crippen MR) is 74.6 cm³/mol. The number of hydrogen-bond donors (Lipinski definition) is 2. The standard InChI is InChI=1S/C15H15N3O3/c19-12-15(13(20)17-14(21)16-12)8-9-4-1-2-5-10(9)18-7-3-6-11(15)18/h1-2,4-5,11H,3,6-8H2,(H2,16,17,19,20,21)/t11-/m1/s1. The van der Waals surface area contributed by atoms with Crippen LogP contribution in [0.15, 0.2) is 24.3 Å². The van der Waals surface area contributed by atoms with E-state index < -0.39 is 23.3 Å². The van der Waals surface area contributed by atoms with Crippen LogP contribution in [0.1, 0.15) is 18.4 Å². The molecule has 3 aliphatic heterocycles. The van der Waals surface area contributed by atoms with Gasteiger partial charge in [0, 0.05) is 12.2 Å². The normalized spacial score (nSPS) is 26.2. The summed E-state index contributed by atoms with van der Waals surface area (Å²) in [5, 5.41) is 4.55. The maximum atomic E-state index is 12.5. The number of carbonyl (C=O) groups excluding carboxylic acids is 3. The average Bonchev–Trinajstić information content (AvgIpc) is 2.94. The molecule has 0 saturated carbocycles. The maximum absolute atomic E-state index is 12.5. The minimum absolute atomic E-state index is 0.180. The fourth-order valence-electron chi connectivity index (χ4n) is 3.95. The Morgan fingerprint density at radius 2 is 1.81 bits per heavy atom. The number of imide groups is 2. The third-order valence-electron chi connectivity index (χ3n) is 4.86. The van der Waals surface area contributed by atoms with E-state index in [1.165, 1.54) is 0 Å². The second kappa shape index (κ2) is 4.07. The first-order valence-electron chi connectivity index (χ1n) is 7.14.